The van der Waals surface area contributed by atoms with Crippen molar-refractivity contribution in [3.63, 3.8) is 0 Å². The Morgan fingerprint density at radius 3 is 2.65 bits per heavy atom. The minimum atomic E-state index is 0. The largest absolute Gasteiger partial charge is 1.00 e. The van der Waals surface area contributed by atoms with Crippen molar-refractivity contribution < 1.29 is 37.3 Å². The maximum Gasteiger partial charge on any atom is 0.328 e. The number of halogens is 1. The van der Waals surface area contributed by atoms with Gasteiger partial charge in [-0.3, -0.25) is 0 Å². The number of fused-ring (bicyclic) bond motifs is 1. The number of nitrogens with one attached hydrogen (secondary N) is 1. The van der Waals surface area contributed by atoms with Crippen molar-refractivity contribution in [2.24, 2.45) is 0 Å². The number of rotatable bonds is 4. The van der Waals surface area contributed by atoms with Crippen LogP contribution in [-0.4, -0.2) is 30.1 Å². The summed E-state index contributed by atoms with van der Waals surface area (Å²) in [6, 6.07) is 12.3. The molecule has 2 aromatic rings. The third-order valence-electron chi connectivity index (χ3n) is 2.95. The molecule has 0 radical (unpaired) electrons. The van der Waals surface area contributed by atoms with E-state index >= 15 is 0 Å². The van der Waals surface area contributed by atoms with Gasteiger partial charge in [-0.05, 0) is 28.5 Å². The number of hydrogen-bond acceptors (Lipinski definition) is 1. The third kappa shape index (κ3) is 4.51. The molecule has 0 atom stereocenters. The summed E-state index contributed by atoms with van der Waals surface area (Å²) in [6.07, 6.45) is 0.877. The van der Waals surface area contributed by atoms with Crippen LogP contribution in [0, 0.1) is 0 Å². The summed E-state index contributed by atoms with van der Waals surface area (Å²) in [7, 11) is 1.68. The van der Waals surface area contributed by atoms with Gasteiger partial charge in [-0.2, -0.15) is 0 Å². The van der Waals surface area contributed by atoms with E-state index in [1.54, 1.807) is 14.0 Å². The molecule has 0 bridgehead atoms. The highest BCUT2D eigenvalue weighted by molar-refractivity contribution is 5.87. The fourth-order valence-corrected chi connectivity index (χ4v) is 2.05. The van der Waals surface area contributed by atoms with Crippen LogP contribution >= 0.6 is 0 Å². The maximum atomic E-state index is 9.10. The van der Waals surface area contributed by atoms with Gasteiger partial charge in [0.1, 0.15) is 12.3 Å². The zero-order valence-electron chi connectivity index (χ0n) is 11.6. The van der Waals surface area contributed by atoms with Gasteiger partial charge >= 0.3 is 5.90 Å². The lowest BCUT2D eigenvalue weighted by molar-refractivity contribution is -0.466. The molecule has 4 N–H and O–H groups in total. The average molecular weight is 342 g/mol. The lowest BCUT2D eigenvalue weighted by Gasteiger charge is -2.06. The minimum Gasteiger partial charge on any atom is -1.00 e. The van der Waals surface area contributed by atoms with Crippen LogP contribution in [0.15, 0.2) is 36.4 Å². The highest BCUT2D eigenvalue weighted by Gasteiger charge is 2.03. The Morgan fingerprint density at radius 1 is 1.25 bits per heavy atom. The van der Waals surface area contributed by atoms with Crippen molar-refractivity contribution in [2.45, 2.75) is 13.3 Å². The molecular weight excluding hydrogens is 322 g/mol. The fourth-order valence-electron chi connectivity index (χ4n) is 2.05. The summed E-state index contributed by atoms with van der Waals surface area (Å²) < 4.78 is 5.23. The SMILES string of the molecule is COc1ccc2c(CC[NH+]=C(C)O)cccc2c1.O.[Br-]. The molecule has 0 aromatic heterocycles. The van der Waals surface area contributed by atoms with E-state index < -0.39 is 0 Å². The summed E-state index contributed by atoms with van der Waals surface area (Å²) in [4.78, 5) is 2.93. The Labute approximate surface area is 129 Å². The van der Waals surface area contributed by atoms with Gasteiger partial charge in [-0.25, -0.2) is 4.99 Å². The van der Waals surface area contributed by atoms with Crippen LogP contribution in [0.4, 0.5) is 0 Å². The van der Waals surface area contributed by atoms with E-state index in [4.69, 9.17) is 9.84 Å². The van der Waals surface area contributed by atoms with Crippen molar-refractivity contribution in [1.29, 1.82) is 0 Å². The van der Waals surface area contributed by atoms with Gasteiger partial charge in [0.05, 0.1) is 14.0 Å². The number of methoxy groups -OCH3 is 1. The molecule has 2 aromatic carbocycles. The molecule has 0 amide bonds. The van der Waals surface area contributed by atoms with Gasteiger partial charge in [-0.1, -0.05) is 24.3 Å². The van der Waals surface area contributed by atoms with Gasteiger partial charge in [0.25, 0.3) is 0 Å². The predicted molar refractivity (Wildman–Crippen MR) is 77.0 cm³/mol. The van der Waals surface area contributed by atoms with Crippen molar-refractivity contribution in [2.75, 3.05) is 13.7 Å². The molecule has 2 rings (SSSR count). The van der Waals surface area contributed by atoms with Crippen LogP contribution < -0.4 is 26.7 Å². The van der Waals surface area contributed by atoms with E-state index in [-0.39, 0.29) is 28.4 Å². The van der Waals surface area contributed by atoms with Crippen molar-refractivity contribution in [1.82, 2.24) is 0 Å². The first kappa shape index (κ1) is 18.4. The number of hydrogen-bond donors (Lipinski definition) is 2. The molecule has 0 saturated heterocycles. The summed E-state index contributed by atoms with van der Waals surface area (Å²) >= 11 is 0. The van der Waals surface area contributed by atoms with E-state index in [1.165, 1.54) is 16.3 Å². The van der Waals surface area contributed by atoms with Crippen LogP contribution in [0.25, 0.3) is 10.8 Å². The van der Waals surface area contributed by atoms with Crippen LogP contribution in [0.3, 0.4) is 0 Å². The highest BCUT2D eigenvalue weighted by Crippen LogP contribution is 2.23. The van der Waals surface area contributed by atoms with E-state index in [1.807, 2.05) is 18.2 Å². The lowest BCUT2D eigenvalue weighted by Crippen LogP contribution is -3.00. The zero-order valence-corrected chi connectivity index (χ0v) is 13.2. The molecule has 0 saturated carbocycles. The molecule has 20 heavy (non-hydrogen) atoms. The monoisotopic (exact) mass is 341 g/mol. The van der Waals surface area contributed by atoms with Crippen molar-refractivity contribution in [3.8, 4) is 5.75 Å². The number of aliphatic hydroxyl groups is 1. The highest BCUT2D eigenvalue weighted by atomic mass is 79.9. The molecule has 0 spiro atoms. The quantitative estimate of drug-likeness (QED) is 0.481. The van der Waals surface area contributed by atoms with Crippen LogP contribution in [0.2, 0.25) is 0 Å². The van der Waals surface area contributed by atoms with Crippen molar-refractivity contribution >= 4 is 16.7 Å². The first-order valence-corrected chi connectivity index (χ1v) is 6.03. The fraction of sp³-hybridized carbons (Fsp3) is 0.267. The van der Waals surface area contributed by atoms with Gasteiger partial charge in [0.15, 0.2) is 0 Å². The Morgan fingerprint density at radius 2 is 2.00 bits per heavy atom. The molecule has 0 heterocycles. The van der Waals surface area contributed by atoms with Crippen molar-refractivity contribution in [3.05, 3.63) is 42.0 Å². The second kappa shape index (κ2) is 8.55. The normalized spacial score (nSPS) is 10.6. The summed E-state index contributed by atoms with van der Waals surface area (Å²) in [5.74, 6) is 1.13. The number of benzene rings is 2. The summed E-state index contributed by atoms with van der Waals surface area (Å²) in [5, 5.41) is 11.5. The lowest BCUT2D eigenvalue weighted by atomic mass is 10.0. The van der Waals surface area contributed by atoms with Gasteiger partial charge in [0, 0.05) is 6.42 Å². The first-order chi connectivity index (χ1) is 8.70. The van der Waals surface area contributed by atoms with E-state index in [2.05, 4.69) is 23.2 Å². The van der Waals surface area contributed by atoms with Gasteiger partial charge in [0.2, 0.25) is 0 Å². The van der Waals surface area contributed by atoms with Gasteiger partial charge < -0.3 is 32.3 Å². The number of ether oxygens (including phenoxy) is 1. The molecule has 5 heteroatoms. The Kier molecular flexibility index (Phi) is 7.87. The molecule has 0 aliphatic carbocycles. The molecule has 110 valence electrons. The Hall–Kier alpha value is -1.59. The standard InChI is InChI=1S/C15H17NO2.BrH.H2O/c1-11(17)16-9-8-12-4-3-5-13-10-14(18-2)6-7-15(12)13;;/h3-7,10H,8-9H2,1-2H3,(H,16,17);1H;1H2. The topological polar surface area (TPSA) is 74.9 Å². The molecular formula is C15H20BrNO3. The third-order valence-corrected chi connectivity index (χ3v) is 2.95. The van der Waals surface area contributed by atoms with E-state index in [0.29, 0.717) is 0 Å². The Bertz CT molecular complexity index is 580. The van der Waals surface area contributed by atoms with E-state index in [0.717, 1.165) is 18.7 Å². The van der Waals surface area contributed by atoms with Crippen LogP contribution in [-0.2, 0) is 6.42 Å². The molecule has 0 fully saturated rings. The summed E-state index contributed by atoms with van der Waals surface area (Å²) in [6.45, 7) is 2.38. The predicted octanol–water partition coefficient (Wildman–Crippen LogP) is -2.37. The average Bonchev–Trinajstić information content (AvgIpc) is 2.38. The minimum absolute atomic E-state index is 0. The molecule has 0 unspecified atom stereocenters. The van der Waals surface area contributed by atoms with E-state index in [9.17, 15) is 0 Å². The molecule has 0 aliphatic rings. The summed E-state index contributed by atoms with van der Waals surface area (Å²) in [5.41, 5.74) is 1.27. The molecule has 0 aliphatic heterocycles. The number of aliphatic hydroxyl groups excluding tert-OH is 1. The second-order valence-electron chi connectivity index (χ2n) is 4.27. The Balaban J connectivity index is 0.00000180. The van der Waals surface area contributed by atoms with Crippen LogP contribution in [0.1, 0.15) is 12.5 Å². The maximum absolute atomic E-state index is 9.10. The first-order valence-electron chi connectivity index (χ1n) is 6.03. The second-order valence-corrected chi connectivity index (χ2v) is 4.27. The zero-order chi connectivity index (χ0) is 13.0. The molecule has 4 nitrogen and oxygen atoms in total. The van der Waals surface area contributed by atoms with Gasteiger partial charge in [-0.15, -0.1) is 0 Å². The smallest absolute Gasteiger partial charge is 0.328 e. The van der Waals surface area contributed by atoms with Crippen LogP contribution in [0.5, 0.6) is 5.75 Å².